The Morgan fingerprint density at radius 3 is 2.90 bits per heavy atom. The molecule has 5 nitrogen and oxygen atoms in total. The molecule has 6 heteroatoms. The molecule has 2 heterocycles. The highest BCUT2D eigenvalue weighted by molar-refractivity contribution is 7.89. The van der Waals surface area contributed by atoms with Crippen molar-refractivity contribution in [2.24, 2.45) is 0 Å². The van der Waals surface area contributed by atoms with Crippen LogP contribution in [0.15, 0.2) is 17.2 Å². The maximum atomic E-state index is 12.7. The van der Waals surface area contributed by atoms with Gasteiger partial charge in [0.05, 0.1) is 4.90 Å². The normalized spacial score (nSPS) is 24.4. The zero-order valence-corrected chi connectivity index (χ0v) is 12.7. The molecule has 1 atom stereocenters. The highest BCUT2D eigenvalue weighted by atomic mass is 32.2. The number of aromatic amines is 1. The van der Waals surface area contributed by atoms with E-state index in [-0.39, 0.29) is 6.04 Å². The third kappa shape index (κ3) is 2.77. The van der Waals surface area contributed by atoms with Crippen LogP contribution in [0.2, 0.25) is 0 Å². The standard InChI is InChI=1S/C14H23N3O2S/c1-2-13-4-3-7-17(13)20(18,19)14-8-12(16-10-14)9-15-11-5-6-11/h8,10-11,13,15-16H,2-7,9H2,1H3. The molecule has 1 aliphatic carbocycles. The summed E-state index contributed by atoms with van der Waals surface area (Å²) in [5, 5.41) is 3.39. The van der Waals surface area contributed by atoms with Crippen LogP contribution in [0, 0.1) is 0 Å². The lowest BCUT2D eigenvalue weighted by atomic mass is 10.2. The van der Waals surface area contributed by atoms with Gasteiger partial charge in [0.1, 0.15) is 0 Å². The summed E-state index contributed by atoms with van der Waals surface area (Å²) in [5.41, 5.74) is 0.947. The Balaban J connectivity index is 1.73. The Hall–Kier alpha value is -0.850. The highest BCUT2D eigenvalue weighted by Gasteiger charge is 2.34. The summed E-state index contributed by atoms with van der Waals surface area (Å²) >= 11 is 0. The predicted molar refractivity (Wildman–Crippen MR) is 77.9 cm³/mol. The van der Waals surface area contributed by atoms with Gasteiger partial charge in [0, 0.05) is 37.1 Å². The fourth-order valence-corrected chi connectivity index (χ4v) is 4.67. The summed E-state index contributed by atoms with van der Waals surface area (Å²) in [6.45, 7) is 3.43. The minimum Gasteiger partial charge on any atom is -0.363 e. The Kier molecular flexibility index (Phi) is 3.88. The van der Waals surface area contributed by atoms with Crippen molar-refractivity contribution in [1.29, 1.82) is 0 Å². The van der Waals surface area contributed by atoms with Crippen molar-refractivity contribution in [3.63, 3.8) is 0 Å². The lowest BCUT2D eigenvalue weighted by molar-refractivity contribution is 0.379. The van der Waals surface area contributed by atoms with E-state index in [2.05, 4.69) is 17.2 Å². The van der Waals surface area contributed by atoms with Gasteiger partial charge in [-0.3, -0.25) is 0 Å². The Labute approximate surface area is 120 Å². The molecule has 0 radical (unpaired) electrons. The molecule has 1 aromatic rings. The molecular weight excluding hydrogens is 274 g/mol. The van der Waals surface area contributed by atoms with Gasteiger partial charge in [0.15, 0.2) is 0 Å². The van der Waals surface area contributed by atoms with E-state index < -0.39 is 10.0 Å². The number of H-pyrrole nitrogens is 1. The number of hydrogen-bond donors (Lipinski definition) is 2. The van der Waals surface area contributed by atoms with Crippen molar-refractivity contribution in [3.8, 4) is 0 Å². The molecule has 0 amide bonds. The molecule has 0 bridgehead atoms. The van der Waals surface area contributed by atoms with Crippen LogP contribution >= 0.6 is 0 Å². The third-order valence-electron chi connectivity index (χ3n) is 4.28. The molecule has 1 saturated carbocycles. The second-order valence-corrected chi connectivity index (χ2v) is 7.73. The van der Waals surface area contributed by atoms with E-state index in [9.17, 15) is 8.42 Å². The molecule has 2 aliphatic rings. The molecule has 1 aromatic heterocycles. The summed E-state index contributed by atoms with van der Waals surface area (Å²) in [6.07, 6.45) is 6.94. The van der Waals surface area contributed by atoms with E-state index in [1.165, 1.54) is 12.8 Å². The first kappa shape index (κ1) is 14.1. The third-order valence-corrected chi connectivity index (χ3v) is 6.21. The lowest BCUT2D eigenvalue weighted by Gasteiger charge is -2.22. The second kappa shape index (κ2) is 5.50. The first-order valence-electron chi connectivity index (χ1n) is 7.54. The zero-order valence-electron chi connectivity index (χ0n) is 11.9. The van der Waals surface area contributed by atoms with Crippen molar-refractivity contribution in [3.05, 3.63) is 18.0 Å². The van der Waals surface area contributed by atoms with E-state index in [4.69, 9.17) is 0 Å². The maximum absolute atomic E-state index is 12.7. The van der Waals surface area contributed by atoms with Gasteiger partial charge in [-0.1, -0.05) is 6.92 Å². The molecule has 1 saturated heterocycles. The fourth-order valence-electron chi connectivity index (χ4n) is 2.88. The van der Waals surface area contributed by atoms with Crippen molar-refractivity contribution >= 4 is 10.0 Å². The van der Waals surface area contributed by atoms with Gasteiger partial charge in [0.2, 0.25) is 10.0 Å². The second-order valence-electron chi connectivity index (χ2n) is 5.84. The zero-order chi connectivity index (χ0) is 14.2. The molecular formula is C14H23N3O2S. The minimum atomic E-state index is -3.33. The number of rotatable bonds is 6. The molecule has 1 aliphatic heterocycles. The van der Waals surface area contributed by atoms with E-state index >= 15 is 0 Å². The summed E-state index contributed by atoms with van der Waals surface area (Å²) in [5.74, 6) is 0. The predicted octanol–water partition coefficient (Wildman–Crippen LogP) is 1.83. The molecule has 0 aromatic carbocycles. The number of aromatic nitrogens is 1. The van der Waals surface area contributed by atoms with Gasteiger partial charge in [-0.05, 0) is 38.2 Å². The van der Waals surface area contributed by atoms with Gasteiger partial charge in [-0.15, -0.1) is 0 Å². The van der Waals surface area contributed by atoms with Crippen LogP contribution in [-0.4, -0.2) is 36.3 Å². The molecule has 112 valence electrons. The van der Waals surface area contributed by atoms with Crippen LogP contribution in [0.1, 0.15) is 44.7 Å². The Morgan fingerprint density at radius 1 is 1.40 bits per heavy atom. The molecule has 1 unspecified atom stereocenters. The van der Waals surface area contributed by atoms with Crippen molar-refractivity contribution in [2.45, 2.75) is 62.6 Å². The average molecular weight is 297 g/mol. The number of sulfonamides is 1. The smallest absolute Gasteiger partial charge is 0.244 e. The van der Waals surface area contributed by atoms with E-state index in [1.807, 2.05) is 0 Å². The van der Waals surface area contributed by atoms with Crippen LogP contribution < -0.4 is 5.32 Å². The summed E-state index contributed by atoms with van der Waals surface area (Å²) < 4.78 is 27.0. The topological polar surface area (TPSA) is 65.2 Å². The van der Waals surface area contributed by atoms with Crippen LogP contribution in [0.5, 0.6) is 0 Å². The quantitative estimate of drug-likeness (QED) is 0.842. The van der Waals surface area contributed by atoms with Crippen LogP contribution in [-0.2, 0) is 16.6 Å². The molecule has 0 spiro atoms. The summed E-state index contributed by atoms with van der Waals surface area (Å²) in [6, 6.07) is 2.57. The minimum absolute atomic E-state index is 0.169. The molecule has 2 fully saturated rings. The Morgan fingerprint density at radius 2 is 2.20 bits per heavy atom. The van der Waals surface area contributed by atoms with Crippen LogP contribution in [0.25, 0.3) is 0 Å². The van der Waals surface area contributed by atoms with E-state index in [0.29, 0.717) is 17.5 Å². The molecule has 20 heavy (non-hydrogen) atoms. The largest absolute Gasteiger partial charge is 0.363 e. The molecule has 3 rings (SSSR count). The molecule has 2 N–H and O–H groups in total. The monoisotopic (exact) mass is 297 g/mol. The summed E-state index contributed by atoms with van der Waals surface area (Å²) in [4.78, 5) is 3.49. The maximum Gasteiger partial charge on any atom is 0.244 e. The number of nitrogens with one attached hydrogen (secondary N) is 2. The first-order chi connectivity index (χ1) is 9.61. The summed E-state index contributed by atoms with van der Waals surface area (Å²) in [7, 11) is -3.33. The van der Waals surface area contributed by atoms with Gasteiger partial charge in [-0.25, -0.2) is 8.42 Å². The first-order valence-corrected chi connectivity index (χ1v) is 8.98. The van der Waals surface area contributed by atoms with Gasteiger partial charge < -0.3 is 10.3 Å². The lowest BCUT2D eigenvalue weighted by Crippen LogP contribution is -2.34. The Bertz CT molecular complexity index is 563. The van der Waals surface area contributed by atoms with E-state index in [0.717, 1.165) is 31.5 Å². The van der Waals surface area contributed by atoms with Crippen LogP contribution in [0.3, 0.4) is 0 Å². The van der Waals surface area contributed by atoms with Gasteiger partial charge in [0.25, 0.3) is 0 Å². The van der Waals surface area contributed by atoms with Gasteiger partial charge >= 0.3 is 0 Å². The SMILES string of the molecule is CCC1CCCN1S(=O)(=O)c1c[nH]c(CNC2CC2)c1. The average Bonchev–Trinajstić information content (AvgIpc) is 2.95. The van der Waals surface area contributed by atoms with E-state index in [1.54, 1.807) is 16.6 Å². The van der Waals surface area contributed by atoms with Crippen molar-refractivity contribution in [2.75, 3.05) is 6.54 Å². The van der Waals surface area contributed by atoms with Gasteiger partial charge in [-0.2, -0.15) is 4.31 Å². The van der Waals surface area contributed by atoms with Crippen molar-refractivity contribution in [1.82, 2.24) is 14.6 Å². The number of hydrogen-bond acceptors (Lipinski definition) is 3. The van der Waals surface area contributed by atoms with Crippen molar-refractivity contribution < 1.29 is 8.42 Å². The van der Waals surface area contributed by atoms with Crippen LogP contribution in [0.4, 0.5) is 0 Å². The fraction of sp³-hybridized carbons (Fsp3) is 0.714. The number of nitrogens with zero attached hydrogens (tertiary/aromatic N) is 1. The highest BCUT2D eigenvalue weighted by Crippen LogP contribution is 2.28.